The smallest absolute Gasteiger partial charge is 0.119 e. The molecule has 3 aromatic rings. The highest BCUT2D eigenvalue weighted by Gasteiger charge is 2.06. The van der Waals surface area contributed by atoms with Crippen molar-refractivity contribution in [2.45, 2.75) is 19.5 Å². The molecule has 1 atom stereocenters. The van der Waals surface area contributed by atoms with Gasteiger partial charge in [-0.1, -0.05) is 18.2 Å². The van der Waals surface area contributed by atoms with E-state index in [1.54, 1.807) is 7.11 Å². The van der Waals surface area contributed by atoms with Gasteiger partial charge in [-0.05, 0) is 53.8 Å². The topological polar surface area (TPSA) is 37.0 Å². The van der Waals surface area contributed by atoms with Gasteiger partial charge in [0.15, 0.2) is 0 Å². The molecule has 0 amide bonds. The molecule has 0 fully saturated rings. The van der Waals surface area contributed by atoms with Gasteiger partial charge in [-0.3, -0.25) is 0 Å². The van der Waals surface area contributed by atoms with Gasteiger partial charge in [0.05, 0.1) is 7.11 Å². The number of nitrogens with one attached hydrogen (secondary N) is 2. The molecule has 21 heavy (non-hydrogen) atoms. The van der Waals surface area contributed by atoms with Crippen LogP contribution in [0.1, 0.15) is 24.1 Å². The molecule has 0 radical (unpaired) electrons. The summed E-state index contributed by atoms with van der Waals surface area (Å²) in [5.74, 6) is 0.898. The lowest BCUT2D eigenvalue weighted by Gasteiger charge is -2.15. The third-order valence-electron chi connectivity index (χ3n) is 3.82. The standard InChI is InChI=1S/C18H20N2O/c1-13(15-4-3-5-17(11-15)21-2)20-12-14-6-7-18-16(10-14)8-9-19-18/h3-11,13,19-20H,12H2,1-2H3/t13-/m1/s1. The number of hydrogen-bond donors (Lipinski definition) is 2. The quantitative estimate of drug-likeness (QED) is 0.740. The van der Waals surface area contributed by atoms with Gasteiger partial charge in [-0.2, -0.15) is 0 Å². The maximum Gasteiger partial charge on any atom is 0.119 e. The van der Waals surface area contributed by atoms with Crippen LogP contribution in [0.25, 0.3) is 10.9 Å². The Morgan fingerprint density at radius 3 is 2.90 bits per heavy atom. The zero-order chi connectivity index (χ0) is 14.7. The van der Waals surface area contributed by atoms with Crippen LogP contribution in [0, 0.1) is 0 Å². The van der Waals surface area contributed by atoms with E-state index in [0.717, 1.165) is 12.3 Å². The van der Waals surface area contributed by atoms with Crippen LogP contribution in [0.4, 0.5) is 0 Å². The molecule has 3 heteroatoms. The highest BCUT2D eigenvalue weighted by atomic mass is 16.5. The predicted molar refractivity (Wildman–Crippen MR) is 86.5 cm³/mol. The Morgan fingerprint density at radius 2 is 2.05 bits per heavy atom. The Labute approximate surface area is 125 Å². The second-order valence-electron chi connectivity index (χ2n) is 5.28. The Morgan fingerprint density at radius 1 is 1.14 bits per heavy atom. The van der Waals surface area contributed by atoms with Crippen molar-refractivity contribution in [1.29, 1.82) is 0 Å². The number of benzene rings is 2. The number of methoxy groups -OCH3 is 1. The van der Waals surface area contributed by atoms with Gasteiger partial charge in [-0.25, -0.2) is 0 Å². The number of fused-ring (bicyclic) bond motifs is 1. The molecule has 0 bridgehead atoms. The highest BCUT2D eigenvalue weighted by molar-refractivity contribution is 5.79. The lowest BCUT2D eigenvalue weighted by molar-refractivity contribution is 0.413. The van der Waals surface area contributed by atoms with Gasteiger partial charge in [0.1, 0.15) is 5.75 Å². The van der Waals surface area contributed by atoms with Crippen LogP contribution in [0.3, 0.4) is 0 Å². The van der Waals surface area contributed by atoms with E-state index < -0.39 is 0 Å². The lowest BCUT2D eigenvalue weighted by Crippen LogP contribution is -2.18. The van der Waals surface area contributed by atoms with Gasteiger partial charge in [0.25, 0.3) is 0 Å². The summed E-state index contributed by atoms with van der Waals surface area (Å²) in [5, 5.41) is 4.81. The van der Waals surface area contributed by atoms with Crippen LogP contribution < -0.4 is 10.1 Å². The summed E-state index contributed by atoms with van der Waals surface area (Å²) in [5.41, 5.74) is 3.70. The minimum Gasteiger partial charge on any atom is -0.497 e. The predicted octanol–water partition coefficient (Wildman–Crippen LogP) is 4.03. The van der Waals surface area contributed by atoms with Crippen molar-refractivity contribution < 1.29 is 4.74 Å². The van der Waals surface area contributed by atoms with Gasteiger partial charge >= 0.3 is 0 Å². The van der Waals surface area contributed by atoms with Gasteiger partial charge < -0.3 is 15.0 Å². The van der Waals surface area contributed by atoms with Crippen LogP contribution in [-0.2, 0) is 6.54 Å². The third kappa shape index (κ3) is 3.09. The third-order valence-corrected chi connectivity index (χ3v) is 3.82. The van der Waals surface area contributed by atoms with Crippen molar-refractivity contribution in [3.05, 3.63) is 65.9 Å². The number of aromatic nitrogens is 1. The maximum absolute atomic E-state index is 5.28. The Hall–Kier alpha value is -2.26. The Balaban J connectivity index is 1.68. The average Bonchev–Trinajstić information content (AvgIpc) is 3.00. The van der Waals surface area contributed by atoms with Crippen LogP contribution >= 0.6 is 0 Å². The number of H-pyrrole nitrogens is 1. The Bertz CT molecular complexity index is 733. The molecule has 3 rings (SSSR count). The van der Waals surface area contributed by atoms with E-state index in [-0.39, 0.29) is 6.04 Å². The molecule has 2 aromatic carbocycles. The number of aromatic amines is 1. The van der Waals surface area contributed by atoms with Crippen molar-refractivity contribution in [3.63, 3.8) is 0 Å². The molecule has 0 spiro atoms. The van der Waals surface area contributed by atoms with Crippen LogP contribution in [0.5, 0.6) is 5.75 Å². The van der Waals surface area contributed by atoms with Crippen molar-refractivity contribution in [2.75, 3.05) is 7.11 Å². The molecule has 2 N–H and O–H groups in total. The summed E-state index contributed by atoms with van der Waals surface area (Å²) in [6.45, 7) is 3.02. The van der Waals surface area contributed by atoms with Crippen LogP contribution in [-0.4, -0.2) is 12.1 Å². The van der Waals surface area contributed by atoms with Crippen LogP contribution in [0.2, 0.25) is 0 Å². The van der Waals surface area contributed by atoms with Gasteiger partial charge in [0, 0.05) is 24.3 Å². The van der Waals surface area contributed by atoms with Gasteiger partial charge in [0.2, 0.25) is 0 Å². The minimum atomic E-state index is 0.280. The number of ether oxygens (including phenoxy) is 1. The summed E-state index contributed by atoms with van der Waals surface area (Å²) in [6.07, 6.45) is 1.97. The molecule has 0 aliphatic carbocycles. The molecular weight excluding hydrogens is 260 g/mol. The van der Waals surface area contributed by atoms with E-state index in [4.69, 9.17) is 4.74 Å². The van der Waals surface area contributed by atoms with Crippen LogP contribution in [0.15, 0.2) is 54.7 Å². The summed E-state index contributed by atoms with van der Waals surface area (Å²) in [4.78, 5) is 3.22. The first-order valence-electron chi connectivity index (χ1n) is 7.19. The maximum atomic E-state index is 5.28. The first-order chi connectivity index (χ1) is 10.3. The Kier molecular flexibility index (Phi) is 3.93. The summed E-state index contributed by atoms with van der Waals surface area (Å²) in [7, 11) is 1.70. The second-order valence-corrected chi connectivity index (χ2v) is 5.28. The highest BCUT2D eigenvalue weighted by Crippen LogP contribution is 2.20. The number of rotatable bonds is 5. The molecule has 0 aliphatic heterocycles. The fourth-order valence-electron chi connectivity index (χ4n) is 2.51. The average molecular weight is 280 g/mol. The van der Waals surface area contributed by atoms with E-state index in [9.17, 15) is 0 Å². The van der Waals surface area contributed by atoms with E-state index in [0.29, 0.717) is 0 Å². The monoisotopic (exact) mass is 280 g/mol. The van der Waals surface area contributed by atoms with Gasteiger partial charge in [-0.15, -0.1) is 0 Å². The SMILES string of the molecule is COc1cccc([C@@H](C)NCc2ccc3[nH]ccc3c2)c1. The van der Waals surface area contributed by atoms with Crippen molar-refractivity contribution in [2.24, 2.45) is 0 Å². The molecule has 1 heterocycles. The molecular formula is C18H20N2O. The normalized spacial score (nSPS) is 12.5. The van der Waals surface area contributed by atoms with E-state index in [1.165, 1.54) is 22.0 Å². The summed E-state index contributed by atoms with van der Waals surface area (Å²) >= 11 is 0. The van der Waals surface area contributed by atoms with E-state index in [2.05, 4.69) is 53.6 Å². The molecule has 3 nitrogen and oxygen atoms in total. The molecule has 0 saturated heterocycles. The molecule has 0 unspecified atom stereocenters. The molecule has 0 aliphatic rings. The summed E-state index contributed by atoms with van der Waals surface area (Å²) in [6, 6.07) is 17.1. The van der Waals surface area contributed by atoms with E-state index >= 15 is 0 Å². The van der Waals surface area contributed by atoms with Crippen molar-refractivity contribution in [1.82, 2.24) is 10.3 Å². The second kappa shape index (κ2) is 6.02. The minimum absolute atomic E-state index is 0.280. The molecule has 1 aromatic heterocycles. The van der Waals surface area contributed by atoms with E-state index in [1.807, 2.05) is 18.3 Å². The largest absolute Gasteiger partial charge is 0.497 e. The fourth-order valence-corrected chi connectivity index (χ4v) is 2.51. The molecule has 0 saturated carbocycles. The first-order valence-corrected chi connectivity index (χ1v) is 7.19. The lowest BCUT2D eigenvalue weighted by atomic mass is 10.1. The first kappa shape index (κ1) is 13.7. The fraction of sp³-hybridized carbons (Fsp3) is 0.222. The summed E-state index contributed by atoms with van der Waals surface area (Å²) < 4.78 is 5.28. The van der Waals surface area contributed by atoms with Crippen molar-refractivity contribution in [3.8, 4) is 5.75 Å². The number of hydrogen-bond acceptors (Lipinski definition) is 2. The molecule has 108 valence electrons. The van der Waals surface area contributed by atoms with Crippen molar-refractivity contribution >= 4 is 10.9 Å². The zero-order valence-corrected chi connectivity index (χ0v) is 12.4. The zero-order valence-electron chi connectivity index (χ0n) is 12.4.